The lowest BCUT2D eigenvalue weighted by Crippen LogP contribution is -2.23. The normalized spacial score (nSPS) is 15.8. The zero-order valence-electron chi connectivity index (χ0n) is 12.3. The summed E-state index contributed by atoms with van der Waals surface area (Å²) >= 11 is 0. The average Bonchev–Trinajstić information content (AvgIpc) is 2.44. The molecule has 1 aliphatic rings. The SMILES string of the molecule is CC1(C)CCc2ccc(C#Cc3cncc(F)c3)nc2C1. The van der Waals surface area contributed by atoms with Gasteiger partial charge in [-0.3, -0.25) is 4.98 Å². The lowest BCUT2D eigenvalue weighted by molar-refractivity contribution is 0.310. The molecular weight excluding hydrogens is 263 g/mol. The van der Waals surface area contributed by atoms with Gasteiger partial charge in [-0.15, -0.1) is 0 Å². The Kier molecular flexibility index (Phi) is 3.47. The molecule has 106 valence electrons. The molecule has 2 nitrogen and oxygen atoms in total. The number of fused-ring (bicyclic) bond motifs is 1. The van der Waals surface area contributed by atoms with E-state index < -0.39 is 0 Å². The molecule has 0 N–H and O–H groups in total. The maximum Gasteiger partial charge on any atom is 0.142 e. The first-order valence-electron chi connectivity index (χ1n) is 7.13. The van der Waals surface area contributed by atoms with Gasteiger partial charge in [0.15, 0.2) is 0 Å². The molecular formula is C18H17FN2. The summed E-state index contributed by atoms with van der Waals surface area (Å²) in [5.74, 6) is 5.54. The van der Waals surface area contributed by atoms with E-state index in [-0.39, 0.29) is 5.82 Å². The molecule has 0 aliphatic heterocycles. The van der Waals surface area contributed by atoms with Crippen LogP contribution in [0.1, 0.15) is 42.8 Å². The van der Waals surface area contributed by atoms with Gasteiger partial charge in [-0.1, -0.05) is 25.8 Å². The third-order valence-corrected chi connectivity index (χ3v) is 3.83. The van der Waals surface area contributed by atoms with E-state index in [2.05, 4.69) is 41.7 Å². The van der Waals surface area contributed by atoms with Crippen molar-refractivity contribution in [2.45, 2.75) is 33.1 Å². The van der Waals surface area contributed by atoms with Crippen LogP contribution in [-0.2, 0) is 12.8 Å². The van der Waals surface area contributed by atoms with Crippen molar-refractivity contribution in [3.63, 3.8) is 0 Å². The van der Waals surface area contributed by atoms with Gasteiger partial charge in [0.1, 0.15) is 11.5 Å². The summed E-state index contributed by atoms with van der Waals surface area (Å²) in [6.45, 7) is 4.54. The molecule has 3 rings (SSSR count). The van der Waals surface area contributed by atoms with Crippen molar-refractivity contribution in [2.75, 3.05) is 0 Å². The highest BCUT2D eigenvalue weighted by Gasteiger charge is 2.25. The molecule has 2 aromatic heterocycles. The van der Waals surface area contributed by atoms with Gasteiger partial charge in [-0.25, -0.2) is 9.37 Å². The summed E-state index contributed by atoms with van der Waals surface area (Å²) in [5.41, 5.74) is 4.08. The predicted octanol–water partition coefficient (Wildman–Crippen LogP) is 3.53. The fourth-order valence-electron chi connectivity index (χ4n) is 2.61. The van der Waals surface area contributed by atoms with Crippen molar-refractivity contribution >= 4 is 0 Å². The van der Waals surface area contributed by atoms with Crippen LogP contribution in [0.3, 0.4) is 0 Å². The zero-order valence-corrected chi connectivity index (χ0v) is 12.3. The molecule has 0 spiro atoms. The Balaban J connectivity index is 1.88. The Bertz CT molecular complexity index is 738. The van der Waals surface area contributed by atoms with Crippen molar-refractivity contribution in [1.29, 1.82) is 0 Å². The molecule has 0 radical (unpaired) electrons. The molecule has 1 aliphatic carbocycles. The number of pyridine rings is 2. The lowest BCUT2D eigenvalue weighted by atomic mass is 9.76. The maximum atomic E-state index is 13.1. The van der Waals surface area contributed by atoms with Gasteiger partial charge < -0.3 is 0 Å². The molecule has 0 aromatic carbocycles. The minimum absolute atomic E-state index is 0.304. The van der Waals surface area contributed by atoms with Gasteiger partial charge in [0.25, 0.3) is 0 Å². The second kappa shape index (κ2) is 5.29. The van der Waals surface area contributed by atoms with Gasteiger partial charge in [0, 0.05) is 17.5 Å². The Hall–Kier alpha value is -2.21. The number of halogens is 1. The molecule has 21 heavy (non-hydrogen) atoms. The Morgan fingerprint density at radius 3 is 2.86 bits per heavy atom. The first-order chi connectivity index (χ1) is 10.0. The number of rotatable bonds is 0. The zero-order chi connectivity index (χ0) is 14.9. The molecule has 0 saturated heterocycles. The highest BCUT2D eigenvalue weighted by molar-refractivity contribution is 5.40. The number of aryl methyl sites for hydroxylation is 1. The van der Waals surface area contributed by atoms with Crippen LogP contribution >= 0.6 is 0 Å². The Morgan fingerprint density at radius 1 is 1.19 bits per heavy atom. The molecule has 0 bridgehead atoms. The molecule has 2 aromatic rings. The fraction of sp³-hybridized carbons (Fsp3) is 0.333. The van der Waals surface area contributed by atoms with Crippen LogP contribution in [0.5, 0.6) is 0 Å². The number of hydrogen-bond acceptors (Lipinski definition) is 2. The van der Waals surface area contributed by atoms with E-state index >= 15 is 0 Å². The van der Waals surface area contributed by atoms with Crippen LogP contribution in [0.2, 0.25) is 0 Å². The standard InChI is InChI=1S/C18H17FN2/c1-18(2)8-7-14-4-6-16(21-17(14)10-18)5-3-13-9-15(19)12-20-11-13/h4,6,9,11-12H,7-8,10H2,1-2H3. The summed E-state index contributed by atoms with van der Waals surface area (Å²) in [4.78, 5) is 8.45. The number of nitrogens with zero attached hydrogens (tertiary/aromatic N) is 2. The fourth-order valence-corrected chi connectivity index (χ4v) is 2.61. The van der Waals surface area contributed by atoms with Crippen LogP contribution in [-0.4, -0.2) is 9.97 Å². The maximum absolute atomic E-state index is 13.1. The number of aromatic nitrogens is 2. The van der Waals surface area contributed by atoms with Crippen LogP contribution in [0.15, 0.2) is 30.6 Å². The van der Waals surface area contributed by atoms with E-state index in [1.807, 2.05) is 6.07 Å². The second-order valence-electron chi connectivity index (χ2n) is 6.29. The quantitative estimate of drug-likeness (QED) is 0.690. The highest BCUT2D eigenvalue weighted by atomic mass is 19.1. The third-order valence-electron chi connectivity index (χ3n) is 3.83. The van der Waals surface area contributed by atoms with Crippen molar-refractivity contribution < 1.29 is 4.39 Å². The van der Waals surface area contributed by atoms with Gasteiger partial charge >= 0.3 is 0 Å². The van der Waals surface area contributed by atoms with Crippen molar-refractivity contribution in [2.24, 2.45) is 5.41 Å². The van der Waals surface area contributed by atoms with Crippen molar-refractivity contribution in [3.8, 4) is 11.8 Å². The highest BCUT2D eigenvalue weighted by Crippen LogP contribution is 2.33. The van der Waals surface area contributed by atoms with Crippen LogP contribution in [0.4, 0.5) is 4.39 Å². The molecule has 0 fully saturated rings. The summed E-state index contributed by atoms with van der Waals surface area (Å²) in [7, 11) is 0. The van der Waals surface area contributed by atoms with Gasteiger partial charge in [0.05, 0.1) is 6.20 Å². The largest absolute Gasteiger partial charge is 0.260 e. The lowest BCUT2D eigenvalue weighted by Gasteiger charge is -2.30. The molecule has 3 heteroatoms. The first-order valence-corrected chi connectivity index (χ1v) is 7.13. The van der Waals surface area contributed by atoms with E-state index in [1.54, 1.807) is 6.20 Å². The number of hydrogen-bond donors (Lipinski definition) is 0. The summed E-state index contributed by atoms with van der Waals surface area (Å²) in [6, 6.07) is 5.43. The first kappa shape index (κ1) is 13.8. The van der Waals surface area contributed by atoms with Crippen molar-refractivity contribution in [1.82, 2.24) is 9.97 Å². The molecule has 2 heterocycles. The van der Waals surface area contributed by atoms with E-state index in [1.165, 1.54) is 24.2 Å². The Labute approximate surface area is 124 Å². The van der Waals surface area contributed by atoms with E-state index in [0.717, 1.165) is 24.2 Å². The van der Waals surface area contributed by atoms with Crippen LogP contribution in [0, 0.1) is 23.1 Å². The minimum atomic E-state index is -0.373. The average molecular weight is 280 g/mol. The smallest absolute Gasteiger partial charge is 0.142 e. The third kappa shape index (κ3) is 3.28. The van der Waals surface area contributed by atoms with Crippen molar-refractivity contribution in [3.05, 3.63) is 58.9 Å². The van der Waals surface area contributed by atoms with Crippen LogP contribution in [0.25, 0.3) is 0 Å². The molecule has 0 saturated carbocycles. The summed E-state index contributed by atoms with van der Waals surface area (Å²) < 4.78 is 13.1. The predicted molar refractivity (Wildman–Crippen MR) is 80.2 cm³/mol. The Morgan fingerprint density at radius 2 is 2.05 bits per heavy atom. The monoisotopic (exact) mass is 280 g/mol. The second-order valence-corrected chi connectivity index (χ2v) is 6.29. The van der Waals surface area contributed by atoms with E-state index in [0.29, 0.717) is 11.0 Å². The summed E-state index contributed by atoms with van der Waals surface area (Å²) in [5, 5.41) is 0. The topological polar surface area (TPSA) is 25.8 Å². The van der Waals surface area contributed by atoms with E-state index in [9.17, 15) is 4.39 Å². The van der Waals surface area contributed by atoms with Gasteiger partial charge in [0.2, 0.25) is 0 Å². The van der Waals surface area contributed by atoms with Gasteiger partial charge in [-0.2, -0.15) is 0 Å². The molecule has 0 amide bonds. The minimum Gasteiger partial charge on any atom is -0.260 e. The summed E-state index contributed by atoms with van der Waals surface area (Å²) in [6.07, 6.45) is 5.99. The molecule has 0 atom stereocenters. The van der Waals surface area contributed by atoms with E-state index in [4.69, 9.17) is 0 Å². The molecule has 0 unspecified atom stereocenters. The van der Waals surface area contributed by atoms with Gasteiger partial charge in [-0.05, 0) is 48.3 Å². The van der Waals surface area contributed by atoms with Crippen LogP contribution < -0.4 is 0 Å².